The number of terminal acetylenes is 1. The third-order valence-corrected chi connectivity index (χ3v) is 4.51. The summed E-state index contributed by atoms with van der Waals surface area (Å²) in [5.41, 5.74) is 0.698. The minimum atomic E-state index is -0.394. The van der Waals surface area contributed by atoms with Crippen LogP contribution < -0.4 is 9.47 Å². The normalized spacial score (nSPS) is 16.1. The van der Waals surface area contributed by atoms with Gasteiger partial charge in [0.15, 0.2) is 11.5 Å². The SMILES string of the molecule is C#CCN1C(=O)SC(=Cc2cc(OC)c(OC)cc2Br)C1=O. The van der Waals surface area contributed by atoms with Crippen molar-refractivity contribution in [1.82, 2.24) is 4.90 Å². The summed E-state index contributed by atoms with van der Waals surface area (Å²) in [6, 6.07) is 3.45. The Morgan fingerprint density at radius 1 is 1.32 bits per heavy atom. The zero-order chi connectivity index (χ0) is 16.3. The monoisotopic (exact) mass is 381 g/mol. The Labute approximate surface area is 140 Å². The number of carbonyl (C=O) groups is 2. The molecule has 1 aliphatic rings. The average molecular weight is 382 g/mol. The molecule has 1 fully saturated rings. The first kappa shape index (κ1) is 16.5. The molecule has 0 N–H and O–H groups in total. The minimum Gasteiger partial charge on any atom is -0.493 e. The van der Waals surface area contributed by atoms with E-state index in [4.69, 9.17) is 15.9 Å². The molecule has 0 unspecified atom stereocenters. The van der Waals surface area contributed by atoms with Crippen molar-refractivity contribution >= 4 is 44.9 Å². The van der Waals surface area contributed by atoms with Gasteiger partial charge in [0.05, 0.1) is 25.7 Å². The van der Waals surface area contributed by atoms with Crippen molar-refractivity contribution in [3.8, 4) is 23.8 Å². The summed E-state index contributed by atoms with van der Waals surface area (Å²) in [7, 11) is 3.06. The Kier molecular flexibility index (Phi) is 5.16. The third kappa shape index (κ3) is 3.13. The maximum Gasteiger partial charge on any atom is 0.294 e. The van der Waals surface area contributed by atoms with Gasteiger partial charge >= 0.3 is 0 Å². The topological polar surface area (TPSA) is 55.8 Å². The molecule has 22 heavy (non-hydrogen) atoms. The van der Waals surface area contributed by atoms with Gasteiger partial charge in [-0.3, -0.25) is 14.5 Å². The molecule has 0 saturated carbocycles. The summed E-state index contributed by atoms with van der Waals surface area (Å²) < 4.78 is 11.1. The molecular formula is C15H12BrNO4S. The van der Waals surface area contributed by atoms with E-state index in [1.807, 2.05) is 0 Å². The number of benzene rings is 1. The second-order valence-electron chi connectivity index (χ2n) is 4.20. The molecule has 0 spiro atoms. The second-order valence-corrected chi connectivity index (χ2v) is 6.05. The van der Waals surface area contributed by atoms with Crippen LogP contribution in [0.4, 0.5) is 4.79 Å². The highest BCUT2D eigenvalue weighted by atomic mass is 79.9. The van der Waals surface area contributed by atoms with Gasteiger partial charge in [0.1, 0.15) is 0 Å². The third-order valence-electron chi connectivity index (χ3n) is 2.91. The Morgan fingerprint density at radius 3 is 2.55 bits per heavy atom. The maximum atomic E-state index is 12.1. The van der Waals surface area contributed by atoms with Crippen LogP contribution >= 0.6 is 27.7 Å². The fraction of sp³-hybridized carbons (Fsp3) is 0.200. The lowest BCUT2D eigenvalue weighted by atomic mass is 10.2. The average Bonchev–Trinajstić information content (AvgIpc) is 2.76. The number of thioether (sulfide) groups is 1. The molecule has 1 aromatic rings. The van der Waals surface area contributed by atoms with E-state index in [1.54, 1.807) is 18.2 Å². The Hall–Kier alpha value is -1.91. The smallest absolute Gasteiger partial charge is 0.294 e. The second kappa shape index (κ2) is 6.90. The van der Waals surface area contributed by atoms with Crippen LogP contribution in [0, 0.1) is 12.3 Å². The standard InChI is InChI=1S/C15H12BrNO4S/c1-4-5-17-14(18)13(22-15(17)19)7-9-6-11(20-2)12(21-3)8-10(9)16/h1,6-8H,5H2,2-3H3. The van der Waals surface area contributed by atoms with Crippen LogP contribution in [0.15, 0.2) is 21.5 Å². The van der Waals surface area contributed by atoms with Gasteiger partial charge in [0, 0.05) is 4.47 Å². The highest BCUT2D eigenvalue weighted by Gasteiger charge is 2.34. The molecule has 2 rings (SSSR count). The van der Waals surface area contributed by atoms with E-state index in [2.05, 4.69) is 21.9 Å². The van der Waals surface area contributed by atoms with E-state index in [1.165, 1.54) is 14.2 Å². The number of hydrogen-bond acceptors (Lipinski definition) is 5. The van der Waals surface area contributed by atoms with Crippen LogP contribution in [0.25, 0.3) is 6.08 Å². The molecule has 5 nitrogen and oxygen atoms in total. The van der Waals surface area contributed by atoms with Gasteiger partial charge in [-0.05, 0) is 35.5 Å². The van der Waals surface area contributed by atoms with Crippen molar-refractivity contribution in [2.45, 2.75) is 0 Å². The number of nitrogens with zero attached hydrogens (tertiary/aromatic N) is 1. The van der Waals surface area contributed by atoms with Crippen molar-refractivity contribution in [1.29, 1.82) is 0 Å². The van der Waals surface area contributed by atoms with Crippen LogP contribution in [0.1, 0.15) is 5.56 Å². The predicted molar refractivity (Wildman–Crippen MR) is 88.8 cm³/mol. The fourth-order valence-corrected chi connectivity index (χ4v) is 3.12. The van der Waals surface area contributed by atoms with Crippen LogP contribution in [-0.2, 0) is 4.79 Å². The van der Waals surface area contributed by atoms with Crippen molar-refractivity contribution in [2.75, 3.05) is 20.8 Å². The van der Waals surface area contributed by atoms with Gasteiger partial charge < -0.3 is 9.47 Å². The Morgan fingerprint density at radius 2 is 1.95 bits per heavy atom. The molecule has 1 saturated heterocycles. The van der Waals surface area contributed by atoms with E-state index in [-0.39, 0.29) is 11.8 Å². The van der Waals surface area contributed by atoms with Crippen molar-refractivity contribution < 1.29 is 19.1 Å². The Bertz CT molecular complexity index is 708. The zero-order valence-corrected chi connectivity index (χ0v) is 14.3. The zero-order valence-electron chi connectivity index (χ0n) is 11.9. The van der Waals surface area contributed by atoms with Gasteiger partial charge in [-0.25, -0.2) is 0 Å². The lowest BCUT2D eigenvalue weighted by molar-refractivity contribution is -0.122. The largest absolute Gasteiger partial charge is 0.493 e. The lowest BCUT2D eigenvalue weighted by Gasteiger charge is -2.10. The number of methoxy groups -OCH3 is 2. The van der Waals surface area contributed by atoms with Crippen LogP contribution in [0.2, 0.25) is 0 Å². The van der Waals surface area contributed by atoms with Crippen LogP contribution in [-0.4, -0.2) is 36.8 Å². The molecule has 1 aliphatic heterocycles. The van der Waals surface area contributed by atoms with Crippen molar-refractivity contribution in [3.05, 3.63) is 27.1 Å². The molecule has 0 atom stereocenters. The summed E-state index contributed by atoms with van der Waals surface area (Å²) >= 11 is 4.27. The summed E-state index contributed by atoms with van der Waals surface area (Å²) in [6.07, 6.45) is 6.78. The first-order chi connectivity index (χ1) is 10.5. The number of halogens is 1. The number of rotatable bonds is 4. The molecule has 114 valence electrons. The number of imide groups is 1. The first-order valence-corrected chi connectivity index (χ1v) is 7.73. The highest BCUT2D eigenvalue weighted by molar-refractivity contribution is 9.10. The molecule has 0 aliphatic carbocycles. The van der Waals surface area contributed by atoms with E-state index in [0.29, 0.717) is 26.4 Å². The van der Waals surface area contributed by atoms with Gasteiger partial charge in [-0.1, -0.05) is 21.9 Å². The molecule has 1 heterocycles. The molecule has 1 aromatic carbocycles. The van der Waals surface area contributed by atoms with Crippen molar-refractivity contribution in [2.24, 2.45) is 0 Å². The molecular weight excluding hydrogens is 370 g/mol. The molecule has 7 heteroatoms. The van der Waals surface area contributed by atoms with Gasteiger partial charge in [0.25, 0.3) is 11.1 Å². The fourth-order valence-electron chi connectivity index (χ4n) is 1.85. The summed E-state index contributed by atoms with van der Waals surface area (Å²) in [5.74, 6) is 2.99. The Balaban J connectivity index is 2.40. The summed E-state index contributed by atoms with van der Waals surface area (Å²) in [6.45, 7) is -0.0326. The molecule has 2 amide bonds. The number of carbonyl (C=O) groups excluding carboxylic acids is 2. The molecule has 0 bridgehead atoms. The van der Waals surface area contributed by atoms with E-state index in [0.717, 1.165) is 16.7 Å². The number of hydrogen-bond donors (Lipinski definition) is 0. The van der Waals surface area contributed by atoms with E-state index in [9.17, 15) is 9.59 Å². The van der Waals surface area contributed by atoms with Crippen molar-refractivity contribution in [3.63, 3.8) is 0 Å². The highest BCUT2D eigenvalue weighted by Crippen LogP contribution is 2.37. The summed E-state index contributed by atoms with van der Waals surface area (Å²) in [5, 5.41) is -0.370. The number of ether oxygens (including phenoxy) is 2. The minimum absolute atomic E-state index is 0.0326. The van der Waals surface area contributed by atoms with Gasteiger partial charge in [-0.15, -0.1) is 6.42 Å². The van der Waals surface area contributed by atoms with Gasteiger partial charge in [-0.2, -0.15) is 0 Å². The van der Waals surface area contributed by atoms with Crippen LogP contribution in [0.5, 0.6) is 11.5 Å². The molecule has 0 aromatic heterocycles. The maximum absolute atomic E-state index is 12.1. The van der Waals surface area contributed by atoms with Gasteiger partial charge in [0.2, 0.25) is 0 Å². The quantitative estimate of drug-likeness (QED) is 0.592. The first-order valence-electron chi connectivity index (χ1n) is 6.12. The van der Waals surface area contributed by atoms with Crippen LogP contribution in [0.3, 0.4) is 0 Å². The predicted octanol–water partition coefficient (Wildman–Crippen LogP) is 3.14. The van der Waals surface area contributed by atoms with E-state index >= 15 is 0 Å². The molecule has 0 radical (unpaired) electrons. The lowest BCUT2D eigenvalue weighted by Crippen LogP contribution is -2.28. The summed E-state index contributed by atoms with van der Waals surface area (Å²) in [4.78, 5) is 25.3. The number of amides is 2. The van der Waals surface area contributed by atoms with E-state index < -0.39 is 5.91 Å².